The first-order chi connectivity index (χ1) is 8.13. The van der Waals surface area contributed by atoms with E-state index in [1.807, 2.05) is 19.9 Å². The topological polar surface area (TPSA) is 73.8 Å². The molecule has 0 saturated heterocycles. The van der Waals surface area contributed by atoms with Crippen molar-refractivity contribution < 1.29 is 0 Å². The summed E-state index contributed by atoms with van der Waals surface area (Å²) in [6.07, 6.45) is 2.70. The predicted octanol–water partition coefficient (Wildman–Crippen LogP) is 1.92. The van der Waals surface area contributed by atoms with Gasteiger partial charge in [-0.2, -0.15) is 0 Å². The molecule has 0 aliphatic heterocycles. The number of nitrogen functional groups attached to an aromatic ring is 1. The molecule has 5 nitrogen and oxygen atoms in total. The maximum atomic E-state index is 12.2. The molecular weight excluding hydrogens is 236 g/mol. The van der Waals surface area contributed by atoms with Gasteiger partial charge in [-0.1, -0.05) is 18.3 Å². The smallest absolute Gasteiger partial charge is 0.261 e. The third kappa shape index (κ3) is 2.21. The zero-order valence-electron chi connectivity index (χ0n) is 9.75. The first kappa shape index (κ1) is 11.8. The molecule has 0 radical (unpaired) electrons. The highest BCUT2D eigenvalue weighted by Crippen LogP contribution is 2.22. The highest BCUT2D eigenvalue weighted by atomic mass is 32.1. The summed E-state index contributed by atoms with van der Waals surface area (Å²) in [5.41, 5.74) is 6.04. The second kappa shape index (κ2) is 4.67. The molecule has 2 heterocycles. The monoisotopic (exact) mass is 250 g/mol. The standard InChI is InChI=1S/C11H14N4OS/c1-3-7(2)15-6-4-5-8(10(15)16)9-13-14-11(12)17-9/h4-7H,3H2,1-2H3,(H2,12,14). The summed E-state index contributed by atoms with van der Waals surface area (Å²) in [6.45, 7) is 4.06. The minimum atomic E-state index is -0.0435. The summed E-state index contributed by atoms with van der Waals surface area (Å²) in [5, 5.41) is 8.58. The minimum absolute atomic E-state index is 0.0435. The van der Waals surface area contributed by atoms with Crippen molar-refractivity contribution in [2.45, 2.75) is 26.3 Å². The second-order valence-electron chi connectivity index (χ2n) is 3.84. The van der Waals surface area contributed by atoms with Crippen molar-refractivity contribution >= 4 is 16.5 Å². The molecule has 0 aliphatic rings. The molecule has 1 unspecified atom stereocenters. The summed E-state index contributed by atoms with van der Waals surface area (Å²) in [6, 6.07) is 3.77. The Labute approximate surface area is 103 Å². The van der Waals surface area contributed by atoms with Gasteiger partial charge in [-0.05, 0) is 25.5 Å². The van der Waals surface area contributed by atoms with E-state index in [9.17, 15) is 4.79 Å². The summed E-state index contributed by atoms with van der Waals surface area (Å²) < 4.78 is 1.72. The molecule has 6 heteroatoms. The Kier molecular flexibility index (Phi) is 3.23. The van der Waals surface area contributed by atoms with Crippen molar-refractivity contribution in [1.82, 2.24) is 14.8 Å². The van der Waals surface area contributed by atoms with Gasteiger partial charge in [0.05, 0.1) is 5.56 Å². The molecular formula is C11H14N4OS. The first-order valence-corrected chi connectivity index (χ1v) is 6.25. The van der Waals surface area contributed by atoms with Crippen LogP contribution in [0.15, 0.2) is 23.1 Å². The van der Waals surface area contributed by atoms with E-state index in [1.54, 1.807) is 16.8 Å². The molecule has 0 aliphatic carbocycles. The lowest BCUT2D eigenvalue weighted by Crippen LogP contribution is -2.23. The fraction of sp³-hybridized carbons (Fsp3) is 0.364. The quantitative estimate of drug-likeness (QED) is 0.903. The Morgan fingerprint density at radius 2 is 2.29 bits per heavy atom. The SMILES string of the molecule is CCC(C)n1cccc(-c2nnc(N)s2)c1=O. The number of pyridine rings is 1. The van der Waals surface area contributed by atoms with Crippen LogP contribution in [0.3, 0.4) is 0 Å². The summed E-state index contributed by atoms with van der Waals surface area (Å²) in [7, 11) is 0. The number of rotatable bonds is 3. The second-order valence-corrected chi connectivity index (χ2v) is 4.85. The minimum Gasteiger partial charge on any atom is -0.374 e. The Balaban J connectivity index is 2.53. The Bertz CT molecular complexity index is 575. The van der Waals surface area contributed by atoms with Gasteiger partial charge < -0.3 is 10.3 Å². The molecule has 90 valence electrons. The Morgan fingerprint density at radius 3 is 2.88 bits per heavy atom. The number of hydrogen-bond acceptors (Lipinski definition) is 5. The summed E-state index contributed by atoms with van der Waals surface area (Å²) in [5.74, 6) is 0. The molecule has 0 bridgehead atoms. The van der Waals surface area contributed by atoms with Gasteiger partial charge in [-0.25, -0.2) is 0 Å². The van der Waals surface area contributed by atoms with Gasteiger partial charge in [-0.15, -0.1) is 10.2 Å². The average Bonchev–Trinajstić information content (AvgIpc) is 2.75. The molecule has 2 N–H and O–H groups in total. The van der Waals surface area contributed by atoms with Crippen LogP contribution in [-0.2, 0) is 0 Å². The molecule has 17 heavy (non-hydrogen) atoms. The number of nitrogens with zero attached hydrogens (tertiary/aromatic N) is 3. The van der Waals surface area contributed by atoms with Gasteiger partial charge in [0.1, 0.15) is 0 Å². The van der Waals surface area contributed by atoms with Gasteiger partial charge in [0, 0.05) is 12.2 Å². The van der Waals surface area contributed by atoms with Gasteiger partial charge >= 0.3 is 0 Å². The van der Waals surface area contributed by atoms with Crippen LogP contribution in [0, 0.1) is 0 Å². The molecule has 0 amide bonds. The fourth-order valence-electron chi connectivity index (χ4n) is 1.56. The highest BCUT2D eigenvalue weighted by Gasteiger charge is 2.12. The lowest BCUT2D eigenvalue weighted by Gasteiger charge is -2.13. The maximum Gasteiger partial charge on any atom is 0.261 e. The normalized spacial score (nSPS) is 12.6. The third-order valence-corrected chi connectivity index (χ3v) is 3.50. The summed E-state index contributed by atoms with van der Waals surface area (Å²) in [4.78, 5) is 12.2. The number of aromatic nitrogens is 3. The van der Waals surface area contributed by atoms with Crippen molar-refractivity contribution in [3.8, 4) is 10.6 Å². The maximum absolute atomic E-state index is 12.2. The largest absolute Gasteiger partial charge is 0.374 e. The van der Waals surface area contributed by atoms with E-state index < -0.39 is 0 Å². The summed E-state index contributed by atoms with van der Waals surface area (Å²) >= 11 is 1.23. The molecule has 2 aromatic rings. The lowest BCUT2D eigenvalue weighted by atomic mass is 10.2. The predicted molar refractivity (Wildman–Crippen MR) is 69.0 cm³/mol. The Hall–Kier alpha value is -1.69. The van der Waals surface area contributed by atoms with Crippen LogP contribution >= 0.6 is 11.3 Å². The highest BCUT2D eigenvalue weighted by molar-refractivity contribution is 7.18. The van der Waals surface area contributed by atoms with Crippen LogP contribution in [0.5, 0.6) is 0 Å². The van der Waals surface area contributed by atoms with Crippen LogP contribution in [0.2, 0.25) is 0 Å². The van der Waals surface area contributed by atoms with Crippen LogP contribution in [0.25, 0.3) is 10.6 Å². The van der Waals surface area contributed by atoms with Crippen LogP contribution in [0.4, 0.5) is 5.13 Å². The van der Waals surface area contributed by atoms with Crippen molar-refractivity contribution in [3.63, 3.8) is 0 Å². The van der Waals surface area contributed by atoms with E-state index >= 15 is 0 Å². The molecule has 2 rings (SSSR count). The number of nitrogens with two attached hydrogens (primary N) is 1. The van der Waals surface area contributed by atoms with E-state index in [4.69, 9.17) is 5.73 Å². The van der Waals surface area contributed by atoms with Gasteiger partial charge in [-0.3, -0.25) is 4.79 Å². The van der Waals surface area contributed by atoms with Crippen LogP contribution < -0.4 is 11.3 Å². The van der Waals surface area contributed by atoms with Crippen molar-refractivity contribution in [2.24, 2.45) is 0 Å². The zero-order valence-corrected chi connectivity index (χ0v) is 10.6. The van der Waals surface area contributed by atoms with E-state index in [0.717, 1.165) is 6.42 Å². The van der Waals surface area contributed by atoms with Gasteiger partial charge in [0.25, 0.3) is 5.56 Å². The average molecular weight is 250 g/mol. The molecule has 0 spiro atoms. The molecule has 1 atom stereocenters. The fourth-order valence-corrected chi connectivity index (χ4v) is 2.19. The van der Waals surface area contributed by atoms with Crippen molar-refractivity contribution in [1.29, 1.82) is 0 Å². The van der Waals surface area contributed by atoms with Gasteiger partial charge in [0.2, 0.25) is 5.13 Å². The number of anilines is 1. The molecule has 0 saturated carbocycles. The van der Waals surface area contributed by atoms with E-state index in [1.165, 1.54) is 11.3 Å². The van der Waals surface area contributed by atoms with Crippen LogP contribution in [0.1, 0.15) is 26.3 Å². The third-order valence-electron chi connectivity index (χ3n) is 2.71. The number of hydrogen-bond donors (Lipinski definition) is 1. The first-order valence-electron chi connectivity index (χ1n) is 5.44. The molecule has 0 aromatic carbocycles. The van der Waals surface area contributed by atoms with E-state index in [0.29, 0.717) is 15.7 Å². The van der Waals surface area contributed by atoms with E-state index in [2.05, 4.69) is 10.2 Å². The van der Waals surface area contributed by atoms with E-state index in [-0.39, 0.29) is 11.6 Å². The molecule has 2 aromatic heterocycles. The van der Waals surface area contributed by atoms with Gasteiger partial charge in [0.15, 0.2) is 5.01 Å². The lowest BCUT2D eigenvalue weighted by molar-refractivity contribution is 0.515. The van der Waals surface area contributed by atoms with Crippen molar-refractivity contribution in [3.05, 3.63) is 28.7 Å². The van der Waals surface area contributed by atoms with Crippen LogP contribution in [-0.4, -0.2) is 14.8 Å². The molecule has 0 fully saturated rings. The zero-order chi connectivity index (χ0) is 12.4. The van der Waals surface area contributed by atoms with Crippen molar-refractivity contribution in [2.75, 3.05) is 5.73 Å². The Morgan fingerprint density at radius 1 is 1.53 bits per heavy atom.